The minimum absolute atomic E-state index is 0.0317. The first-order chi connectivity index (χ1) is 7.95. The van der Waals surface area contributed by atoms with Gasteiger partial charge in [-0.3, -0.25) is 4.79 Å². The van der Waals surface area contributed by atoms with Gasteiger partial charge in [0.05, 0.1) is 6.54 Å². The van der Waals surface area contributed by atoms with Gasteiger partial charge in [0.2, 0.25) is 5.91 Å². The molecule has 5 heteroatoms. The van der Waals surface area contributed by atoms with Gasteiger partial charge in [0, 0.05) is 38.9 Å². The summed E-state index contributed by atoms with van der Waals surface area (Å²) in [7, 11) is 5.13. The van der Waals surface area contributed by atoms with Gasteiger partial charge in [0.25, 0.3) is 0 Å². The van der Waals surface area contributed by atoms with Gasteiger partial charge >= 0.3 is 0 Å². The van der Waals surface area contributed by atoms with Crippen LogP contribution in [0.25, 0.3) is 0 Å². The Kier molecular flexibility index (Phi) is 4.45. The van der Waals surface area contributed by atoms with E-state index in [-0.39, 0.29) is 24.8 Å². The van der Waals surface area contributed by atoms with Crippen molar-refractivity contribution in [3.63, 3.8) is 0 Å². The van der Waals surface area contributed by atoms with Crippen LogP contribution >= 0.6 is 0 Å². The van der Waals surface area contributed by atoms with Crippen LogP contribution in [0.4, 0.5) is 10.1 Å². The lowest BCUT2D eigenvalue weighted by atomic mass is 10.2. The molecule has 0 aliphatic carbocycles. The van der Waals surface area contributed by atoms with E-state index in [9.17, 15) is 9.18 Å². The second-order valence-corrected chi connectivity index (χ2v) is 4.12. The van der Waals surface area contributed by atoms with Crippen LogP contribution in [0.2, 0.25) is 0 Å². The van der Waals surface area contributed by atoms with Crippen molar-refractivity contribution in [3.05, 3.63) is 29.6 Å². The van der Waals surface area contributed by atoms with Crippen molar-refractivity contribution in [2.75, 3.05) is 32.6 Å². The molecule has 1 rings (SSSR count). The second kappa shape index (κ2) is 5.63. The van der Waals surface area contributed by atoms with Gasteiger partial charge in [0.1, 0.15) is 5.82 Å². The number of nitrogens with zero attached hydrogens (tertiary/aromatic N) is 2. The van der Waals surface area contributed by atoms with Gasteiger partial charge in [-0.25, -0.2) is 4.39 Å². The molecule has 0 spiro atoms. The maximum absolute atomic E-state index is 13.5. The Morgan fingerprint density at radius 3 is 2.47 bits per heavy atom. The third-order valence-electron chi connectivity index (χ3n) is 2.57. The second-order valence-electron chi connectivity index (χ2n) is 4.12. The Balaban J connectivity index is 2.79. The third-order valence-corrected chi connectivity index (χ3v) is 2.57. The molecule has 1 amide bonds. The molecule has 0 radical (unpaired) electrons. The highest BCUT2D eigenvalue weighted by atomic mass is 19.1. The van der Waals surface area contributed by atoms with Gasteiger partial charge in [-0.2, -0.15) is 0 Å². The van der Waals surface area contributed by atoms with Crippen molar-refractivity contribution >= 4 is 11.6 Å². The van der Waals surface area contributed by atoms with E-state index in [0.717, 1.165) is 0 Å². The number of benzene rings is 1. The van der Waals surface area contributed by atoms with Crippen LogP contribution in [-0.4, -0.2) is 38.5 Å². The summed E-state index contributed by atoms with van der Waals surface area (Å²) in [4.78, 5) is 14.7. The van der Waals surface area contributed by atoms with Gasteiger partial charge in [0.15, 0.2) is 0 Å². The summed E-state index contributed by atoms with van der Waals surface area (Å²) in [5.74, 6) is -0.370. The van der Waals surface area contributed by atoms with Gasteiger partial charge < -0.3 is 15.5 Å². The fraction of sp³-hybridized carbons (Fsp3) is 0.417. The molecule has 0 aliphatic heterocycles. The highest BCUT2D eigenvalue weighted by Crippen LogP contribution is 2.17. The standard InChI is InChI=1S/C12H18FN3O/c1-15(2)12(17)8-16(3)10-5-4-9(7-14)11(13)6-10/h4-6H,7-8,14H2,1-3H3. The molecule has 2 N–H and O–H groups in total. The topological polar surface area (TPSA) is 49.6 Å². The van der Waals surface area contributed by atoms with Crippen molar-refractivity contribution in [1.29, 1.82) is 0 Å². The Morgan fingerprint density at radius 2 is 2.00 bits per heavy atom. The fourth-order valence-electron chi connectivity index (χ4n) is 1.37. The number of likely N-dealkylation sites (N-methyl/N-ethyl adjacent to an activating group) is 2. The zero-order valence-electron chi connectivity index (χ0n) is 10.4. The highest BCUT2D eigenvalue weighted by Gasteiger charge is 2.10. The van der Waals surface area contributed by atoms with Crippen molar-refractivity contribution in [2.24, 2.45) is 5.73 Å². The number of amides is 1. The summed E-state index contributed by atoms with van der Waals surface area (Å²) < 4.78 is 13.5. The van der Waals surface area contributed by atoms with Crippen LogP contribution in [0.1, 0.15) is 5.56 Å². The number of carbonyl (C=O) groups excluding carboxylic acids is 1. The molecule has 94 valence electrons. The first-order valence-corrected chi connectivity index (χ1v) is 5.35. The Labute approximate surface area is 101 Å². The molecular formula is C12H18FN3O. The molecule has 0 unspecified atom stereocenters. The van der Waals surface area contributed by atoms with E-state index in [4.69, 9.17) is 5.73 Å². The molecule has 17 heavy (non-hydrogen) atoms. The summed E-state index contributed by atoms with van der Waals surface area (Å²) in [5.41, 5.74) is 6.52. The number of anilines is 1. The number of carbonyl (C=O) groups is 1. The maximum Gasteiger partial charge on any atom is 0.241 e. The van der Waals surface area contributed by atoms with E-state index >= 15 is 0 Å². The number of hydrogen-bond acceptors (Lipinski definition) is 3. The van der Waals surface area contributed by atoms with Crippen LogP contribution < -0.4 is 10.6 Å². The number of rotatable bonds is 4. The highest BCUT2D eigenvalue weighted by molar-refractivity contribution is 5.80. The van der Waals surface area contributed by atoms with Crippen LogP contribution in [0, 0.1) is 5.82 Å². The van der Waals surface area contributed by atoms with E-state index < -0.39 is 0 Å². The zero-order valence-corrected chi connectivity index (χ0v) is 10.4. The summed E-state index contributed by atoms with van der Waals surface area (Å²) in [5, 5.41) is 0. The molecule has 0 bridgehead atoms. The predicted octanol–water partition coefficient (Wildman–Crippen LogP) is 0.809. The SMILES string of the molecule is CN(C)C(=O)CN(C)c1ccc(CN)c(F)c1. The molecule has 0 atom stereocenters. The predicted molar refractivity (Wildman–Crippen MR) is 66.3 cm³/mol. The Hall–Kier alpha value is -1.62. The van der Waals surface area contributed by atoms with Crippen LogP contribution in [0.5, 0.6) is 0 Å². The Bertz CT molecular complexity index is 407. The van der Waals surface area contributed by atoms with E-state index in [1.54, 1.807) is 38.2 Å². The zero-order chi connectivity index (χ0) is 13.0. The van der Waals surface area contributed by atoms with Crippen molar-refractivity contribution < 1.29 is 9.18 Å². The van der Waals surface area contributed by atoms with Gasteiger partial charge in [-0.05, 0) is 12.1 Å². The van der Waals surface area contributed by atoms with Gasteiger partial charge in [-0.1, -0.05) is 6.07 Å². The minimum Gasteiger partial charge on any atom is -0.365 e. The largest absolute Gasteiger partial charge is 0.365 e. The molecule has 1 aromatic carbocycles. The molecule has 0 fully saturated rings. The lowest BCUT2D eigenvalue weighted by molar-refractivity contribution is -0.127. The van der Waals surface area contributed by atoms with Crippen LogP contribution in [-0.2, 0) is 11.3 Å². The first kappa shape index (κ1) is 13.4. The summed E-state index contributed by atoms with van der Waals surface area (Å²) in [6.07, 6.45) is 0. The monoisotopic (exact) mass is 239 g/mol. The molecule has 0 aliphatic rings. The molecule has 4 nitrogen and oxygen atoms in total. The summed E-state index contributed by atoms with van der Waals surface area (Å²) >= 11 is 0. The molecule has 0 aromatic heterocycles. The van der Waals surface area contributed by atoms with E-state index in [2.05, 4.69) is 0 Å². The average molecular weight is 239 g/mol. The lowest BCUT2D eigenvalue weighted by Crippen LogP contribution is -2.34. The number of hydrogen-bond donors (Lipinski definition) is 1. The quantitative estimate of drug-likeness (QED) is 0.846. The number of nitrogens with two attached hydrogens (primary N) is 1. The van der Waals surface area contributed by atoms with Crippen LogP contribution in [0.15, 0.2) is 18.2 Å². The molecular weight excluding hydrogens is 221 g/mol. The molecule has 0 saturated heterocycles. The Morgan fingerprint density at radius 1 is 1.35 bits per heavy atom. The minimum atomic E-state index is -0.339. The lowest BCUT2D eigenvalue weighted by Gasteiger charge is -2.21. The average Bonchev–Trinajstić information content (AvgIpc) is 2.28. The molecule has 0 heterocycles. The summed E-state index contributed by atoms with van der Waals surface area (Å²) in [6.45, 7) is 0.390. The number of halogens is 1. The normalized spacial score (nSPS) is 10.2. The van der Waals surface area contributed by atoms with Gasteiger partial charge in [-0.15, -0.1) is 0 Å². The van der Waals surface area contributed by atoms with E-state index in [1.807, 2.05) is 0 Å². The molecule has 0 saturated carbocycles. The third kappa shape index (κ3) is 3.42. The molecule has 1 aromatic rings. The smallest absolute Gasteiger partial charge is 0.241 e. The van der Waals surface area contributed by atoms with E-state index in [1.165, 1.54) is 11.0 Å². The maximum atomic E-state index is 13.5. The van der Waals surface area contributed by atoms with Crippen molar-refractivity contribution in [1.82, 2.24) is 4.90 Å². The first-order valence-electron chi connectivity index (χ1n) is 5.35. The summed E-state index contributed by atoms with van der Waals surface area (Å²) in [6, 6.07) is 4.79. The van der Waals surface area contributed by atoms with Crippen molar-refractivity contribution in [3.8, 4) is 0 Å². The fourth-order valence-corrected chi connectivity index (χ4v) is 1.37. The van der Waals surface area contributed by atoms with Crippen molar-refractivity contribution in [2.45, 2.75) is 6.54 Å². The van der Waals surface area contributed by atoms with Crippen LogP contribution in [0.3, 0.4) is 0 Å². The van der Waals surface area contributed by atoms with E-state index in [0.29, 0.717) is 11.3 Å².